The van der Waals surface area contributed by atoms with Gasteiger partial charge in [0.2, 0.25) is 0 Å². The topological polar surface area (TPSA) is 62.2 Å². The van der Waals surface area contributed by atoms with Crippen LogP contribution in [0.4, 0.5) is 23.4 Å². The maximum absolute atomic E-state index is 13.3. The zero-order chi connectivity index (χ0) is 25.3. The van der Waals surface area contributed by atoms with E-state index in [1.54, 1.807) is 12.1 Å². The Balaban J connectivity index is 1.47. The van der Waals surface area contributed by atoms with E-state index in [1.807, 2.05) is 13.8 Å². The molecule has 1 amide bonds. The first kappa shape index (κ1) is 24.6. The number of piperidine rings is 1. The quantitative estimate of drug-likeness (QED) is 0.482. The Labute approximate surface area is 200 Å². The third kappa shape index (κ3) is 4.96. The van der Waals surface area contributed by atoms with Crippen molar-refractivity contribution in [2.75, 3.05) is 25.0 Å². The summed E-state index contributed by atoms with van der Waals surface area (Å²) in [6.45, 7) is 5.05. The highest BCUT2D eigenvalue weighted by Crippen LogP contribution is 2.33. The van der Waals surface area contributed by atoms with Gasteiger partial charge >= 0.3 is 6.18 Å². The van der Waals surface area contributed by atoms with Crippen molar-refractivity contribution < 1.29 is 22.4 Å². The van der Waals surface area contributed by atoms with Crippen LogP contribution in [-0.2, 0) is 6.18 Å². The van der Waals surface area contributed by atoms with Gasteiger partial charge in [-0.2, -0.15) is 13.2 Å². The van der Waals surface area contributed by atoms with Crippen LogP contribution in [0.1, 0.15) is 39.9 Å². The van der Waals surface area contributed by atoms with Crippen molar-refractivity contribution in [2.45, 2.75) is 38.9 Å². The lowest BCUT2D eigenvalue weighted by atomic mass is 10.00. The van der Waals surface area contributed by atoms with Gasteiger partial charge in [-0.05, 0) is 68.1 Å². The van der Waals surface area contributed by atoms with Gasteiger partial charge in [0.15, 0.2) is 5.82 Å². The second-order valence-corrected chi connectivity index (χ2v) is 8.68. The van der Waals surface area contributed by atoms with Gasteiger partial charge in [-0.1, -0.05) is 0 Å². The van der Waals surface area contributed by atoms with E-state index in [2.05, 4.69) is 20.1 Å². The second kappa shape index (κ2) is 9.59. The molecule has 0 bridgehead atoms. The van der Waals surface area contributed by atoms with E-state index >= 15 is 0 Å². The highest BCUT2D eigenvalue weighted by atomic mass is 19.4. The number of nitrogens with zero attached hydrogens (tertiary/aromatic N) is 5. The molecule has 10 heteroatoms. The van der Waals surface area contributed by atoms with E-state index in [0.29, 0.717) is 31.6 Å². The number of rotatable bonds is 4. The number of hydrogen-bond acceptors (Lipinski definition) is 5. The summed E-state index contributed by atoms with van der Waals surface area (Å²) in [5.74, 6) is -0.288. The minimum absolute atomic E-state index is 0.215. The molecule has 1 saturated heterocycles. The Kier molecular flexibility index (Phi) is 6.73. The van der Waals surface area contributed by atoms with Crippen molar-refractivity contribution in [3.05, 3.63) is 70.8 Å². The number of amides is 1. The lowest BCUT2D eigenvalue weighted by Gasteiger charge is -2.38. The van der Waals surface area contributed by atoms with Gasteiger partial charge in [-0.25, -0.2) is 4.39 Å². The number of carbonyl (C=O) groups excluding carboxylic acids is 1. The van der Waals surface area contributed by atoms with Crippen LogP contribution >= 0.6 is 0 Å². The fourth-order valence-electron chi connectivity index (χ4n) is 4.41. The zero-order valence-electron chi connectivity index (χ0n) is 19.6. The molecule has 0 spiro atoms. The maximum Gasteiger partial charge on any atom is 0.417 e. The Morgan fingerprint density at radius 2 is 1.69 bits per heavy atom. The van der Waals surface area contributed by atoms with Crippen LogP contribution in [0.25, 0.3) is 11.3 Å². The summed E-state index contributed by atoms with van der Waals surface area (Å²) < 4.78 is 53.3. The number of pyridine rings is 1. The summed E-state index contributed by atoms with van der Waals surface area (Å²) in [7, 11) is 1.53. The average molecular weight is 488 g/mol. The van der Waals surface area contributed by atoms with Crippen molar-refractivity contribution in [3.63, 3.8) is 0 Å². The molecule has 35 heavy (non-hydrogen) atoms. The third-order valence-corrected chi connectivity index (χ3v) is 6.60. The van der Waals surface area contributed by atoms with Crippen molar-refractivity contribution in [3.8, 4) is 11.3 Å². The van der Waals surface area contributed by atoms with Crippen molar-refractivity contribution in [1.82, 2.24) is 20.1 Å². The number of aromatic nitrogens is 3. The number of carbonyl (C=O) groups is 1. The van der Waals surface area contributed by atoms with Gasteiger partial charge in [-0.3, -0.25) is 9.78 Å². The largest absolute Gasteiger partial charge is 0.417 e. The highest BCUT2D eigenvalue weighted by Gasteiger charge is 2.37. The van der Waals surface area contributed by atoms with E-state index in [9.17, 15) is 22.4 Å². The molecule has 0 radical (unpaired) electrons. The maximum atomic E-state index is 13.3. The molecule has 1 aromatic carbocycles. The first-order chi connectivity index (χ1) is 16.6. The van der Waals surface area contributed by atoms with Crippen LogP contribution < -0.4 is 4.90 Å². The standard InChI is InChI=1S/C25H25F4N5O/c1-15-16(2)23(32-31-22(15)17-4-6-18(26)7-5-17)34-12-9-19(10-13-34)33(3)24(35)20-14-30-11-8-21(20)25(27,28)29/h4-8,11,14,19H,9-10,12-13H2,1-3H3. The molecule has 2 aromatic heterocycles. The molecule has 0 N–H and O–H groups in total. The molecule has 1 aliphatic rings. The summed E-state index contributed by atoms with van der Waals surface area (Å²) in [5.41, 5.74) is 1.92. The molecule has 0 aliphatic carbocycles. The predicted octanol–water partition coefficient (Wildman–Crippen LogP) is 5.05. The summed E-state index contributed by atoms with van der Waals surface area (Å²) in [6.07, 6.45) is -1.48. The van der Waals surface area contributed by atoms with Gasteiger partial charge < -0.3 is 9.80 Å². The van der Waals surface area contributed by atoms with Crippen LogP contribution in [0.2, 0.25) is 0 Å². The monoisotopic (exact) mass is 487 g/mol. The lowest BCUT2D eigenvalue weighted by Crippen LogP contribution is -2.46. The lowest BCUT2D eigenvalue weighted by molar-refractivity contribution is -0.138. The smallest absolute Gasteiger partial charge is 0.355 e. The third-order valence-electron chi connectivity index (χ3n) is 6.60. The van der Waals surface area contributed by atoms with Crippen LogP contribution in [0.15, 0.2) is 42.7 Å². The average Bonchev–Trinajstić information content (AvgIpc) is 2.85. The van der Waals surface area contributed by atoms with Crippen molar-refractivity contribution in [2.24, 2.45) is 0 Å². The Morgan fingerprint density at radius 3 is 2.31 bits per heavy atom. The first-order valence-electron chi connectivity index (χ1n) is 11.2. The van der Waals surface area contributed by atoms with E-state index < -0.39 is 23.2 Å². The van der Waals surface area contributed by atoms with E-state index in [4.69, 9.17) is 0 Å². The minimum Gasteiger partial charge on any atom is -0.355 e. The van der Waals surface area contributed by atoms with E-state index in [0.717, 1.165) is 41.0 Å². The summed E-state index contributed by atoms with van der Waals surface area (Å²) in [4.78, 5) is 20.1. The fraction of sp³-hybridized carbons (Fsp3) is 0.360. The number of anilines is 1. The normalized spacial score (nSPS) is 14.8. The Morgan fingerprint density at radius 1 is 1.03 bits per heavy atom. The Bertz CT molecular complexity index is 1220. The van der Waals surface area contributed by atoms with Gasteiger partial charge in [0.25, 0.3) is 5.91 Å². The molecule has 0 saturated carbocycles. The molecule has 184 valence electrons. The predicted molar refractivity (Wildman–Crippen MR) is 123 cm³/mol. The van der Waals surface area contributed by atoms with Crippen LogP contribution in [0, 0.1) is 19.7 Å². The zero-order valence-corrected chi connectivity index (χ0v) is 19.6. The molecule has 6 nitrogen and oxygen atoms in total. The SMILES string of the molecule is Cc1c(-c2ccc(F)cc2)nnc(N2CCC(N(C)C(=O)c3cnccc3C(F)(F)F)CC2)c1C. The molecular weight excluding hydrogens is 462 g/mol. The first-order valence-corrected chi connectivity index (χ1v) is 11.2. The molecule has 0 unspecified atom stereocenters. The number of halogens is 4. The fourth-order valence-corrected chi connectivity index (χ4v) is 4.41. The second-order valence-electron chi connectivity index (χ2n) is 8.68. The van der Waals surface area contributed by atoms with Crippen LogP contribution in [-0.4, -0.2) is 52.2 Å². The van der Waals surface area contributed by atoms with Gasteiger partial charge in [0, 0.05) is 44.1 Å². The summed E-state index contributed by atoms with van der Waals surface area (Å²) in [6, 6.07) is 6.69. The van der Waals surface area contributed by atoms with E-state index in [-0.39, 0.29) is 11.9 Å². The van der Waals surface area contributed by atoms with Crippen molar-refractivity contribution in [1.29, 1.82) is 0 Å². The van der Waals surface area contributed by atoms with Gasteiger partial charge in [0.05, 0.1) is 16.8 Å². The highest BCUT2D eigenvalue weighted by molar-refractivity contribution is 5.95. The summed E-state index contributed by atoms with van der Waals surface area (Å²) in [5, 5.41) is 8.80. The molecule has 0 atom stereocenters. The molecular formula is C25H25F4N5O. The molecule has 1 aliphatic heterocycles. The molecule has 3 heterocycles. The van der Waals surface area contributed by atoms with Crippen LogP contribution in [0.3, 0.4) is 0 Å². The number of alkyl halides is 3. The Hall–Kier alpha value is -3.56. The minimum atomic E-state index is -4.63. The van der Waals surface area contributed by atoms with E-state index in [1.165, 1.54) is 24.1 Å². The summed E-state index contributed by atoms with van der Waals surface area (Å²) >= 11 is 0. The number of hydrogen-bond donors (Lipinski definition) is 0. The van der Waals surface area contributed by atoms with Gasteiger partial charge in [0.1, 0.15) is 5.82 Å². The van der Waals surface area contributed by atoms with Gasteiger partial charge in [-0.15, -0.1) is 10.2 Å². The molecule has 4 rings (SSSR count). The van der Waals surface area contributed by atoms with Crippen LogP contribution in [0.5, 0.6) is 0 Å². The number of benzene rings is 1. The molecule has 1 fully saturated rings. The molecule has 3 aromatic rings. The van der Waals surface area contributed by atoms with Crippen molar-refractivity contribution >= 4 is 11.7 Å².